The van der Waals surface area contributed by atoms with Gasteiger partial charge in [0.25, 0.3) is 0 Å². The van der Waals surface area contributed by atoms with E-state index in [2.05, 4.69) is 10.1 Å². The number of aryl methyl sites for hydroxylation is 2. The second-order valence-electron chi connectivity index (χ2n) is 4.60. The molecule has 3 aromatic rings. The molecule has 0 atom stereocenters. The summed E-state index contributed by atoms with van der Waals surface area (Å²) in [5.74, 6) is 1.33. The normalized spacial score (nSPS) is 11.1. The predicted octanol–water partition coefficient (Wildman–Crippen LogP) is 1.91. The number of nitrogen functional groups attached to an aromatic ring is 1. The van der Waals surface area contributed by atoms with Crippen LogP contribution in [0.5, 0.6) is 5.75 Å². The highest BCUT2D eigenvalue weighted by molar-refractivity contribution is 5.79. The van der Waals surface area contributed by atoms with Gasteiger partial charge in [0.05, 0.1) is 18.1 Å². The number of benzene rings is 1. The van der Waals surface area contributed by atoms with E-state index in [1.165, 1.54) is 0 Å². The lowest BCUT2D eigenvalue weighted by Gasteiger charge is -2.07. The Morgan fingerprint density at radius 1 is 1.30 bits per heavy atom. The van der Waals surface area contributed by atoms with Crippen LogP contribution in [0, 0.1) is 0 Å². The van der Waals surface area contributed by atoms with Crippen molar-refractivity contribution in [1.29, 1.82) is 0 Å². The lowest BCUT2D eigenvalue weighted by atomic mass is 10.3. The number of nitrogens with two attached hydrogens (primary N) is 1. The number of rotatable bonds is 5. The van der Waals surface area contributed by atoms with Crippen LogP contribution in [-0.2, 0) is 13.1 Å². The molecule has 0 radical (unpaired) electrons. The molecular weight excluding hydrogens is 254 g/mol. The first-order valence-electron chi connectivity index (χ1n) is 6.55. The lowest BCUT2D eigenvalue weighted by molar-refractivity contribution is 0.415. The number of imidazole rings is 1. The quantitative estimate of drug-likeness (QED) is 0.769. The van der Waals surface area contributed by atoms with Gasteiger partial charge in [0, 0.05) is 31.5 Å². The third kappa shape index (κ3) is 2.32. The smallest absolute Gasteiger partial charge is 0.201 e. The molecule has 0 aliphatic heterocycles. The van der Waals surface area contributed by atoms with E-state index in [9.17, 15) is 0 Å². The first-order chi connectivity index (χ1) is 9.78. The van der Waals surface area contributed by atoms with Crippen LogP contribution >= 0.6 is 0 Å². The Morgan fingerprint density at radius 3 is 2.95 bits per heavy atom. The summed E-state index contributed by atoms with van der Waals surface area (Å²) in [6.07, 6.45) is 4.69. The molecule has 0 fully saturated rings. The van der Waals surface area contributed by atoms with Crippen LogP contribution in [0.1, 0.15) is 6.42 Å². The van der Waals surface area contributed by atoms with Crippen LogP contribution in [0.15, 0.2) is 36.7 Å². The fourth-order valence-corrected chi connectivity index (χ4v) is 2.31. The molecule has 104 valence electrons. The molecule has 0 unspecified atom stereocenters. The van der Waals surface area contributed by atoms with Crippen molar-refractivity contribution in [2.24, 2.45) is 0 Å². The van der Waals surface area contributed by atoms with Crippen LogP contribution in [0.3, 0.4) is 0 Å². The molecule has 0 saturated heterocycles. The number of nitrogens with zero attached hydrogens (tertiary/aromatic N) is 4. The fraction of sp³-hybridized carbons (Fsp3) is 0.286. The van der Waals surface area contributed by atoms with Gasteiger partial charge in [-0.3, -0.25) is 4.68 Å². The maximum Gasteiger partial charge on any atom is 0.201 e. The monoisotopic (exact) mass is 271 g/mol. The molecule has 0 bridgehead atoms. The number of ether oxygens (including phenoxy) is 1. The highest BCUT2D eigenvalue weighted by atomic mass is 16.5. The average Bonchev–Trinajstić information content (AvgIpc) is 3.06. The zero-order valence-electron chi connectivity index (χ0n) is 11.4. The second-order valence-corrected chi connectivity index (χ2v) is 4.60. The van der Waals surface area contributed by atoms with E-state index in [1.54, 1.807) is 13.3 Å². The molecule has 6 heteroatoms. The SMILES string of the molecule is COc1ccc2c(c1)nc(N)n2CCCn1cccn1. The Labute approximate surface area is 116 Å². The third-order valence-electron chi connectivity index (χ3n) is 3.31. The minimum Gasteiger partial charge on any atom is -0.497 e. The summed E-state index contributed by atoms with van der Waals surface area (Å²) in [4.78, 5) is 4.38. The number of hydrogen-bond acceptors (Lipinski definition) is 4. The molecule has 0 amide bonds. The van der Waals surface area contributed by atoms with Crippen molar-refractivity contribution in [2.75, 3.05) is 12.8 Å². The van der Waals surface area contributed by atoms with E-state index in [1.807, 2.05) is 39.7 Å². The van der Waals surface area contributed by atoms with Gasteiger partial charge in [-0.25, -0.2) is 4.98 Å². The topological polar surface area (TPSA) is 70.9 Å². The van der Waals surface area contributed by atoms with E-state index < -0.39 is 0 Å². The largest absolute Gasteiger partial charge is 0.497 e. The average molecular weight is 271 g/mol. The third-order valence-corrected chi connectivity index (χ3v) is 3.31. The minimum absolute atomic E-state index is 0.536. The zero-order valence-corrected chi connectivity index (χ0v) is 11.4. The van der Waals surface area contributed by atoms with E-state index in [0.717, 1.165) is 36.3 Å². The van der Waals surface area contributed by atoms with Crippen LogP contribution in [-0.4, -0.2) is 26.4 Å². The molecule has 0 aliphatic rings. The van der Waals surface area contributed by atoms with Crippen molar-refractivity contribution in [1.82, 2.24) is 19.3 Å². The van der Waals surface area contributed by atoms with Gasteiger partial charge in [0.1, 0.15) is 5.75 Å². The van der Waals surface area contributed by atoms with Gasteiger partial charge in [0.2, 0.25) is 5.95 Å². The first-order valence-corrected chi connectivity index (χ1v) is 6.55. The molecular formula is C14H17N5O. The maximum absolute atomic E-state index is 5.99. The summed E-state index contributed by atoms with van der Waals surface area (Å²) in [6, 6.07) is 7.74. The Morgan fingerprint density at radius 2 is 2.20 bits per heavy atom. The molecule has 0 aliphatic carbocycles. The molecule has 20 heavy (non-hydrogen) atoms. The minimum atomic E-state index is 0.536. The van der Waals surface area contributed by atoms with Crippen molar-refractivity contribution in [3.8, 4) is 5.75 Å². The molecule has 2 heterocycles. The highest BCUT2D eigenvalue weighted by Gasteiger charge is 2.08. The van der Waals surface area contributed by atoms with Gasteiger partial charge in [-0.15, -0.1) is 0 Å². The van der Waals surface area contributed by atoms with E-state index >= 15 is 0 Å². The van der Waals surface area contributed by atoms with Gasteiger partial charge in [-0.2, -0.15) is 5.10 Å². The zero-order chi connectivity index (χ0) is 13.9. The molecule has 1 aromatic carbocycles. The number of hydrogen-bond donors (Lipinski definition) is 1. The number of fused-ring (bicyclic) bond motifs is 1. The van der Waals surface area contributed by atoms with Crippen LogP contribution < -0.4 is 10.5 Å². The van der Waals surface area contributed by atoms with Crippen LogP contribution in [0.4, 0.5) is 5.95 Å². The molecule has 2 N–H and O–H groups in total. The Hall–Kier alpha value is -2.50. The van der Waals surface area contributed by atoms with Crippen molar-refractivity contribution in [2.45, 2.75) is 19.5 Å². The Bertz CT molecular complexity index is 702. The summed E-state index contributed by atoms with van der Waals surface area (Å²) in [5, 5.41) is 4.19. The van der Waals surface area contributed by atoms with Gasteiger partial charge in [-0.1, -0.05) is 0 Å². The number of methoxy groups -OCH3 is 1. The van der Waals surface area contributed by atoms with Gasteiger partial charge < -0.3 is 15.0 Å². The number of aromatic nitrogens is 4. The second kappa shape index (κ2) is 5.24. The fourth-order valence-electron chi connectivity index (χ4n) is 2.31. The van der Waals surface area contributed by atoms with Crippen molar-refractivity contribution < 1.29 is 4.74 Å². The van der Waals surface area contributed by atoms with E-state index in [-0.39, 0.29) is 0 Å². The predicted molar refractivity (Wildman–Crippen MR) is 77.5 cm³/mol. The Balaban J connectivity index is 1.78. The standard InChI is InChI=1S/C14H17N5O/c1-20-11-4-5-13-12(10-11)17-14(15)19(13)9-3-8-18-7-2-6-16-18/h2,4-7,10H,3,8-9H2,1H3,(H2,15,17). The molecule has 6 nitrogen and oxygen atoms in total. The maximum atomic E-state index is 5.99. The van der Waals surface area contributed by atoms with Gasteiger partial charge in [-0.05, 0) is 24.6 Å². The summed E-state index contributed by atoms with van der Waals surface area (Å²) in [7, 11) is 1.64. The molecule has 2 aromatic heterocycles. The summed E-state index contributed by atoms with van der Waals surface area (Å²) in [5.41, 5.74) is 7.89. The van der Waals surface area contributed by atoms with Gasteiger partial charge >= 0.3 is 0 Å². The highest BCUT2D eigenvalue weighted by Crippen LogP contribution is 2.23. The van der Waals surface area contributed by atoms with Crippen LogP contribution in [0.25, 0.3) is 11.0 Å². The van der Waals surface area contributed by atoms with E-state index in [0.29, 0.717) is 5.95 Å². The first kappa shape index (κ1) is 12.5. The molecule has 3 rings (SSSR count). The van der Waals surface area contributed by atoms with Gasteiger partial charge in [0.15, 0.2) is 0 Å². The molecule has 0 saturated carbocycles. The van der Waals surface area contributed by atoms with E-state index in [4.69, 9.17) is 10.5 Å². The Kier molecular flexibility index (Phi) is 3.28. The number of anilines is 1. The summed E-state index contributed by atoms with van der Waals surface area (Å²) < 4.78 is 9.14. The summed E-state index contributed by atoms with van der Waals surface area (Å²) in [6.45, 7) is 1.68. The van der Waals surface area contributed by atoms with Crippen molar-refractivity contribution >= 4 is 17.0 Å². The molecule has 0 spiro atoms. The van der Waals surface area contributed by atoms with Crippen LogP contribution in [0.2, 0.25) is 0 Å². The summed E-state index contributed by atoms with van der Waals surface area (Å²) >= 11 is 0. The lowest BCUT2D eigenvalue weighted by Crippen LogP contribution is -2.07. The van der Waals surface area contributed by atoms with Crippen molar-refractivity contribution in [3.05, 3.63) is 36.7 Å². The van der Waals surface area contributed by atoms with Crippen molar-refractivity contribution in [3.63, 3.8) is 0 Å².